The van der Waals surface area contributed by atoms with Crippen LogP contribution in [0.4, 0.5) is 22.7 Å². The smallest absolute Gasteiger partial charge is 0.293 e. The summed E-state index contributed by atoms with van der Waals surface area (Å²) in [4.78, 5) is 28.3. The van der Waals surface area contributed by atoms with Crippen molar-refractivity contribution in [2.24, 2.45) is 5.92 Å². The summed E-state index contributed by atoms with van der Waals surface area (Å²) in [7, 11) is 0. The molecule has 2 aliphatic rings. The number of hydrogen-bond donors (Lipinski definition) is 1. The molecule has 2 fully saturated rings. The van der Waals surface area contributed by atoms with E-state index in [2.05, 4.69) is 17.1 Å². The van der Waals surface area contributed by atoms with Crippen molar-refractivity contribution < 1.29 is 9.72 Å². The van der Waals surface area contributed by atoms with Gasteiger partial charge in [0.2, 0.25) is 0 Å². The minimum atomic E-state index is -0.411. The first-order chi connectivity index (χ1) is 14.9. The molecule has 0 spiro atoms. The van der Waals surface area contributed by atoms with Gasteiger partial charge in [-0.2, -0.15) is 0 Å². The summed E-state index contributed by atoms with van der Waals surface area (Å²) >= 11 is 6.43. The Morgan fingerprint density at radius 1 is 1.03 bits per heavy atom. The fraction of sp³-hybridized carbons (Fsp3) is 0.435. The largest absolute Gasteiger partial charge is 0.370 e. The van der Waals surface area contributed by atoms with Crippen LogP contribution in [0.1, 0.15) is 43.0 Å². The number of rotatable bonds is 5. The highest BCUT2D eigenvalue weighted by molar-refractivity contribution is 6.33. The van der Waals surface area contributed by atoms with E-state index in [4.69, 9.17) is 11.6 Å². The van der Waals surface area contributed by atoms with Gasteiger partial charge in [0.25, 0.3) is 11.6 Å². The Labute approximate surface area is 187 Å². The van der Waals surface area contributed by atoms with Crippen LogP contribution in [0.3, 0.4) is 0 Å². The van der Waals surface area contributed by atoms with Gasteiger partial charge >= 0.3 is 0 Å². The molecule has 1 N–H and O–H groups in total. The molecular weight excluding hydrogens is 416 g/mol. The second-order valence-electron chi connectivity index (χ2n) is 8.44. The van der Waals surface area contributed by atoms with Gasteiger partial charge in [0.15, 0.2) is 0 Å². The van der Waals surface area contributed by atoms with Gasteiger partial charge in [-0.15, -0.1) is 0 Å². The molecule has 0 unspecified atom stereocenters. The zero-order chi connectivity index (χ0) is 22.0. The van der Waals surface area contributed by atoms with Crippen LogP contribution in [-0.2, 0) is 0 Å². The van der Waals surface area contributed by atoms with Crippen LogP contribution < -0.4 is 15.1 Å². The second kappa shape index (κ2) is 9.14. The van der Waals surface area contributed by atoms with Crippen LogP contribution in [0.2, 0.25) is 5.02 Å². The lowest BCUT2D eigenvalue weighted by atomic mass is 9.98. The van der Waals surface area contributed by atoms with Crippen molar-refractivity contribution in [3.63, 3.8) is 0 Å². The Morgan fingerprint density at radius 2 is 1.68 bits per heavy atom. The van der Waals surface area contributed by atoms with Gasteiger partial charge in [-0.25, -0.2) is 0 Å². The number of nitrogens with zero attached hydrogens (tertiary/aromatic N) is 3. The van der Waals surface area contributed by atoms with Crippen LogP contribution in [-0.4, -0.2) is 37.0 Å². The molecule has 2 aliphatic heterocycles. The number of nitro benzene ring substituents is 1. The van der Waals surface area contributed by atoms with Crippen molar-refractivity contribution in [3.05, 3.63) is 57.1 Å². The fourth-order valence-electron chi connectivity index (χ4n) is 4.33. The molecule has 1 amide bonds. The first-order valence-corrected chi connectivity index (χ1v) is 11.2. The summed E-state index contributed by atoms with van der Waals surface area (Å²) in [6.07, 6.45) is 4.32. The number of anilines is 3. The van der Waals surface area contributed by atoms with E-state index in [1.807, 2.05) is 17.0 Å². The lowest BCUT2D eigenvalue weighted by molar-refractivity contribution is -0.384. The summed E-state index contributed by atoms with van der Waals surface area (Å²) in [5.41, 5.74) is 2.32. The van der Waals surface area contributed by atoms with E-state index in [0.29, 0.717) is 22.3 Å². The summed E-state index contributed by atoms with van der Waals surface area (Å²) in [5, 5.41) is 15.1. The summed E-state index contributed by atoms with van der Waals surface area (Å²) in [6, 6.07) is 10.2. The molecule has 31 heavy (non-hydrogen) atoms. The van der Waals surface area contributed by atoms with Crippen LogP contribution in [0.15, 0.2) is 36.4 Å². The molecule has 8 heteroatoms. The van der Waals surface area contributed by atoms with Gasteiger partial charge in [-0.1, -0.05) is 18.5 Å². The minimum absolute atomic E-state index is 0.0374. The van der Waals surface area contributed by atoms with Gasteiger partial charge in [-0.3, -0.25) is 14.9 Å². The Balaban J connectivity index is 1.51. The van der Waals surface area contributed by atoms with E-state index in [9.17, 15) is 14.9 Å². The molecule has 0 saturated carbocycles. The molecule has 0 aromatic heterocycles. The summed E-state index contributed by atoms with van der Waals surface area (Å²) in [5.74, 6) is 0.232. The molecule has 0 bridgehead atoms. The number of carbonyl (C=O) groups excluding carboxylic acids is 1. The number of halogens is 1. The average Bonchev–Trinajstić information content (AvgIpc) is 3.28. The quantitative estimate of drug-likeness (QED) is 0.499. The number of nitro groups is 1. The number of benzene rings is 2. The van der Waals surface area contributed by atoms with Gasteiger partial charge in [-0.05, 0) is 61.9 Å². The number of piperidine rings is 1. The fourth-order valence-corrected chi connectivity index (χ4v) is 4.63. The van der Waals surface area contributed by atoms with Crippen LogP contribution in [0.25, 0.3) is 0 Å². The monoisotopic (exact) mass is 442 g/mol. The van der Waals surface area contributed by atoms with E-state index >= 15 is 0 Å². The van der Waals surface area contributed by atoms with E-state index < -0.39 is 10.8 Å². The number of amides is 1. The highest BCUT2D eigenvalue weighted by atomic mass is 35.5. The number of nitrogens with one attached hydrogen (secondary N) is 1. The maximum atomic E-state index is 12.8. The van der Waals surface area contributed by atoms with E-state index in [-0.39, 0.29) is 11.3 Å². The Morgan fingerprint density at radius 3 is 2.32 bits per heavy atom. The summed E-state index contributed by atoms with van der Waals surface area (Å²) < 4.78 is 0. The van der Waals surface area contributed by atoms with Gasteiger partial charge in [0.1, 0.15) is 5.69 Å². The predicted octanol–water partition coefficient (Wildman–Crippen LogP) is 5.34. The van der Waals surface area contributed by atoms with Crippen LogP contribution in [0, 0.1) is 16.0 Å². The zero-order valence-electron chi connectivity index (χ0n) is 17.6. The second-order valence-corrected chi connectivity index (χ2v) is 8.85. The van der Waals surface area contributed by atoms with Crippen molar-refractivity contribution in [1.29, 1.82) is 0 Å². The van der Waals surface area contributed by atoms with E-state index in [1.165, 1.54) is 6.07 Å². The third-order valence-electron chi connectivity index (χ3n) is 6.21. The zero-order valence-corrected chi connectivity index (χ0v) is 18.4. The SMILES string of the molecule is CC1CCN(c2ccc(C(=O)Nc3ccc(N4CCCC4)c(Cl)c3)cc2[N+](=O)[O-])CC1. The molecule has 7 nitrogen and oxygen atoms in total. The molecule has 0 aliphatic carbocycles. The molecule has 2 heterocycles. The molecule has 2 saturated heterocycles. The number of hydrogen-bond acceptors (Lipinski definition) is 5. The minimum Gasteiger partial charge on any atom is -0.370 e. The Kier molecular flexibility index (Phi) is 6.32. The maximum absolute atomic E-state index is 12.8. The lowest BCUT2D eigenvalue weighted by Crippen LogP contribution is -2.33. The lowest BCUT2D eigenvalue weighted by Gasteiger charge is -2.31. The van der Waals surface area contributed by atoms with Crippen molar-refractivity contribution >= 4 is 40.3 Å². The van der Waals surface area contributed by atoms with Crippen molar-refractivity contribution in [3.8, 4) is 0 Å². The molecule has 2 aromatic rings. The molecule has 0 atom stereocenters. The van der Waals surface area contributed by atoms with Crippen LogP contribution in [0.5, 0.6) is 0 Å². The average molecular weight is 443 g/mol. The first kappa shape index (κ1) is 21.4. The van der Waals surface area contributed by atoms with Gasteiger partial charge in [0, 0.05) is 43.5 Å². The maximum Gasteiger partial charge on any atom is 0.293 e. The van der Waals surface area contributed by atoms with Crippen molar-refractivity contribution in [2.75, 3.05) is 41.3 Å². The highest BCUT2D eigenvalue weighted by Crippen LogP contribution is 2.34. The molecule has 0 radical (unpaired) electrons. The van der Waals surface area contributed by atoms with E-state index in [0.717, 1.165) is 57.5 Å². The molecule has 4 rings (SSSR count). The third-order valence-corrected chi connectivity index (χ3v) is 6.51. The highest BCUT2D eigenvalue weighted by Gasteiger charge is 2.25. The van der Waals surface area contributed by atoms with Gasteiger partial charge in [0.05, 0.1) is 15.6 Å². The third kappa shape index (κ3) is 4.77. The summed E-state index contributed by atoms with van der Waals surface area (Å²) in [6.45, 7) is 5.74. The Hall–Kier alpha value is -2.80. The molecule has 2 aromatic carbocycles. The van der Waals surface area contributed by atoms with Gasteiger partial charge < -0.3 is 15.1 Å². The predicted molar refractivity (Wildman–Crippen MR) is 125 cm³/mol. The number of carbonyl (C=O) groups is 1. The Bertz CT molecular complexity index is 983. The molecule has 164 valence electrons. The standard InChI is InChI=1S/C23H27ClN4O3/c1-16-8-12-27(13-9-16)21-6-4-17(14-22(21)28(30)31)23(29)25-18-5-7-20(19(24)15-18)26-10-2-3-11-26/h4-7,14-16H,2-3,8-13H2,1H3,(H,25,29). The van der Waals surface area contributed by atoms with Crippen molar-refractivity contribution in [2.45, 2.75) is 32.6 Å². The normalized spacial score (nSPS) is 17.1. The van der Waals surface area contributed by atoms with Crippen molar-refractivity contribution in [1.82, 2.24) is 0 Å². The molecular formula is C23H27ClN4O3. The van der Waals surface area contributed by atoms with Crippen LogP contribution >= 0.6 is 11.6 Å². The topological polar surface area (TPSA) is 78.7 Å². The first-order valence-electron chi connectivity index (χ1n) is 10.8. The van der Waals surface area contributed by atoms with E-state index in [1.54, 1.807) is 18.2 Å².